The third-order valence-electron chi connectivity index (χ3n) is 2.15. The lowest BCUT2D eigenvalue weighted by molar-refractivity contribution is -0.174. The van der Waals surface area contributed by atoms with Crippen LogP contribution in [0.25, 0.3) is 0 Å². The number of halogens is 4. The molecular formula is C9H15F4NO. The predicted molar refractivity (Wildman–Crippen MR) is 47.4 cm³/mol. The van der Waals surface area contributed by atoms with Crippen LogP contribution in [0.15, 0.2) is 0 Å². The van der Waals surface area contributed by atoms with E-state index in [4.69, 9.17) is 0 Å². The number of ether oxygens (including phenoxy) is 1. The number of hydrogen-bond acceptors (Lipinski definition) is 2. The minimum Gasteiger partial charge on any atom is -0.371 e. The monoisotopic (exact) mass is 229 g/mol. The Hall–Kier alpha value is -0.360. The molecule has 1 aliphatic carbocycles. The van der Waals surface area contributed by atoms with Gasteiger partial charge in [-0.3, -0.25) is 0 Å². The van der Waals surface area contributed by atoms with Crippen molar-refractivity contribution in [2.75, 3.05) is 13.2 Å². The molecule has 0 aromatic carbocycles. The summed E-state index contributed by atoms with van der Waals surface area (Å²) in [6, 6.07) is 0.451. The smallest absolute Gasteiger partial charge is 0.330 e. The first-order valence-corrected chi connectivity index (χ1v) is 4.93. The van der Waals surface area contributed by atoms with Crippen molar-refractivity contribution in [2.24, 2.45) is 0 Å². The molecule has 1 unspecified atom stereocenters. The summed E-state index contributed by atoms with van der Waals surface area (Å²) in [4.78, 5) is 0. The molecular weight excluding hydrogens is 214 g/mol. The van der Waals surface area contributed by atoms with Gasteiger partial charge >= 0.3 is 12.3 Å². The van der Waals surface area contributed by atoms with Gasteiger partial charge in [0.2, 0.25) is 0 Å². The van der Waals surface area contributed by atoms with Crippen molar-refractivity contribution in [3.8, 4) is 0 Å². The molecule has 0 aliphatic heterocycles. The molecule has 1 fully saturated rings. The third-order valence-corrected chi connectivity index (χ3v) is 2.15. The van der Waals surface area contributed by atoms with Crippen molar-refractivity contribution < 1.29 is 22.3 Å². The predicted octanol–water partition coefficient (Wildman–Crippen LogP) is 2.04. The third kappa shape index (κ3) is 4.79. The second-order valence-corrected chi connectivity index (χ2v) is 3.87. The standard InChI is InChI=1S/C9H15F4NO/c1-6(4-14-7-2-3-7)15-5-9(12,13)8(10)11/h6-8,14H,2-5H2,1H3. The van der Waals surface area contributed by atoms with Gasteiger partial charge in [0.05, 0.1) is 6.10 Å². The van der Waals surface area contributed by atoms with Gasteiger partial charge in [-0.25, -0.2) is 8.78 Å². The fourth-order valence-corrected chi connectivity index (χ4v) is 0.995. The zero-order valence-electron chi connectivity index (χ0n) is 8.48. The second-order valence-electron chi connectivity index (χ2n) is 3.87. The summed E-state index contributed by atoms with van der Waals surface area (Å²) in [7, 11) is 0. The SMILES string of the molecule is CC(CNC1CC1)OCC(F)(F)C(F)F. The van der Waals surface area contributed by atoms with E-state index >= 15 is 0 Å². The molecule has 0 aromatic rings. The van der Waals surface area contributed by atoms with Crippen LogP contribution in [-0.2, 0) is 4.74 Å². The summed E-state index contributed by atoms with van der Waals surface area (Å²) in [6.07, 6.45) is -1.98. The lowest BCUT2D eigenvalue weighted by atomic mass is 10.3. The number of rotatable bonds is 7. The largest absolute Gasteiger partial charge is 0.371 e. The van der Waals surface area contributed by atoms with Crippen LogP contribution >= 0.6 is 0 Å². The van der Waals surface area contributed by atoms with E-state index in [0.717, 1.165) is 12.8 Å². The maximum absolute atomic E-state index is 12.4. The van der Waals surface area contributed by atoms with Crippen molar-refractivity contribution in [1.29, 1.82) is 0 Å². The van der Waals surface area contributed by atoms with E-state index in [1.54, 1.807) is 6.92 Å². The van der Waals surface area contributed by atoms with Crippen molar-refractivity contribution in [1.82, 2.24) is 5.32 Å². The van der Waals surface area contributed by atoms with Gasteiger partial charge in [-0.1, -0.05) is 0 Å². The minimum atomic E-state index is -4.05. The number of alkyl halides is 4. The van der Waals surface area contributed by atoms with Crippen molar-refractivity contribution in [2.45, 2.75) is 44.3 Å². The summed E-state index contributed by atoms with van der Waals surface area (Å²) in [5.41, 5.74) is 0. The second kappa shape index (κ2) is 5.12. The summed E-state index contributed by atoms with van der Waals surface area (Å²) >= 11 is 0. The van der Waals surface area contributed by atoms with Crippen molar-refractivity contribution in [3.63, 3.8) is 0 Å². The first kappa shape index (κ1) is 12.7. The average molecular weight is 229 g/mol. The molecule has 1 aliphatic rings. The molecule has 90 valence electrons. The van der Waals surface area contributed by atoms with Crippen LogP contribution in [0.5, 0.6) is 0 Å². The highest BCUT2D eigenvalue weighted by atomic mass is 19.3. The van der Waals surface area contributed by atoms with Crippen molar-refractivity contribution in [3.05, 3.63) is 0 Å². The van der Waals surface area contributed by atoms with Crippen LogP contribution in [0, 0.1) is 0 Å². The van der Waals surface area contributed by atoms with Gasteiger partial charge in [0.1, 0.15) is 6.61 Å². The van der Waals surface area contributed by atoms with E-state index in [0.29, 0.717) is 12.6 Å². The van der Waals surface area contributed by atoms with Crippen LogP contribution in [0.3, 0.4) is 0 Å². The molecule has 0 saturated heterocycles. The van der Waals surface area contributed by atoms with Gasteiger partial charge in [0.15, 0.2) is 0 Å². The van der Waals surface area contributed by atoms with Crippen LogP contribution < -0.4 is 5.32 Å². The van der Waals surface area contributed by atoms with E-state index in [1.807, 2.05) is 0 Å². The quantitative estimate of drug-likeness (QED) is 0.674. The van der Waals surface area contributed by atoms with Gasteiger partial charge in [-0.15, -0.1) is 0 Å². The molecule has 1 saturated carbocycles. The zero-order chi connectivity index (χ0) is 11.5. The molecule has 15 heavy (non-hydrogen) atoms. The highest BCUT2D eigenvalue weighted by Crippen LogP contribution is 2.23. The van der Waals surface area contributed by atoms with E-state index < -0.39 is 25.1 Å². The Kier molecular flexibility index (Phi) is 4.33. The molecule has 1 atom stereocenters. The molecule has 1 N–H and O–H groups in total. The van der Waals surface area contributed by atoms with Crippen LogP contribution in [0.1, 0.15) is 19.8 Å². The van der Waals surface area contributed by atoms with E-state index in [1.165, 1.54) is 0 Å². The first-order chi connectivity index (χ1) is 6.92. The van der Waals surface area contributed by atoms with Crippen LogP contribution in [-0.4, -0.2) is 37.6 Å². The molecule has 0 aromatic heterocycles. The average Bonchev–Trinajstić information content (AvgIpc) is 2.94. The van der Waals surface area contributed by atoms with Gasteiger partial charge in [0.25, 0.3) is 0 Å². The van der Waals surface area contributed by atoms with E-state index in [-0.39, 0.29) is 0 Å². The molecule has 6 heteroatoms. The van der Waals surface area contributed by atoms with E-state index in [9.17, 15) is 17.6 Å². The topological polar surface area (TPSA) is 21.3 Å². The number of hydrogen-bond donors (Lipinski definition) is 1. The molecule has 1 rings (SSSR count). The Bertz CT molecular complexity index is 197. The molecule has 0 heterocycles. The Labute approximate surface area is 86.0 Å². The summed E-state index contributed by atoms with van der Waals surface area (Å²) in [5, 5.41) is 3.06. The Morgan fingerprint density at radius 2 is 2.00 bits per heavy atom. The highest BCUT2D eigenvalue weighted by molar-refractivity contribution is 4.81. The fraction of sp³-hybridized carbons (Fsp3) is 1.00. The van der Waals surface area contributed by atoms with Gasteiger partial charge < -0.3 is 10.1 Å². The Balaban J connectivity index is 2.11. The minimum absolute atomic E-state index is 0.421. The van der Waals surface area contributed by atoms with Crippen LogP contribution in [0.2, 0.25) is 0 Å². The van der Waals surface area contributed by atoms with Gasteiger partial charge in [-0.2, -0.15) is 8.78 Å². The zero-order valence-corrected chi connectivity index (χ0v) is 8.48. The molecule has 0 spiro atoms. The lowest BCUT2D eigenvalue weighted by Crippen LogP contribution is -2.36. The van der Waals surface area contributed by atoms with Crippen molar-refractivity contribution >= 4 is 0 Å². The van der Waals surface area contributed by atoms with Gasteiger partial charge in [-0.05, 0) is 19.8 Å². The maximum Gasteiger partial charge on any atom is 0.330 e. The summed E-state index contributed by atoms with van der Waals surface area (Å²) < 4.78 is 53.0. The Morgan fingerprint density at radius 3 is 2.47 bits per heavy atom. The molecule has 0 amide bonds. The fourth-order valence-electron chi connectivity index (χ4n) is 0.995. The molecule has 0 bridgehead atoms. The normalized spacial score (nSPS) is 19.6. The first-order valence-electron chi connectivity index (χ1n) is 4.93. The molecule has 0 radical (unpaired) electrons. The number of nitrogens with one attached hydrogen (secondary N) is 1. The van der Waals surface area contributed by atoms with E-state index in [2.05, 4.69) is 10.1 Å². The Morgan fingerprint density at radius 1 is 1.40 bits per heavy atom. The molecule has 2 nitrogen and oxygen atoms in total. The summed E-state index contributed by atoms with van der Waals surface area (Å²) in [5.74, 6) is -4.05. The lowest BCUT2D eigenvalue weighted by Gasteiger charge is -2.19. The maximum atomic E-state index is 12.4. The van der Waals surface area contributed by atoms with Crippen LogP contribution in [0.4, 0.5) is 17.6 Å². The highest BCUT2D eigenvalue weighted by Gasteiger charge is 2.41. The van der Waals surface area contributed by atoms with Gasteiger partial charge in [0, 0.05) is 12.6 Å². The summed E-state index contributed by atoms with van der Waals surface area (Å²) in [6.45, 7) is 0.777.